The van der Waals surface area contributed by atoms with Crippen molar-refractivity contribution in [2.45, 2.75) is 32.1 Å². The number of nitrogens with zero attached hydrogens (tertiary/aromatic N) is 2. The van der Waals surface area contributed by atoms with Crippen LogP contribution in [0.15, 0.2) is 30.5 Å². The van der Waals surface area contributed by atoms with Crippen LogP contribution in [0.5, 0.6) is 5.75 Å². The highest BCUT2D eigenvalue weighted by Gasteiger charge is 2.30. The van der Waals surface area contributed by atoms with E-state index in [-0.39, 0.29) is 6.61 Å². The van der Waals surface area contributed by atoms with Crippen molar-refractivity contribution in [3.63, 3.8) is 0 Å². The van der Waals surface area contributed by atoms with Crippen LogP contribution in [0, 0.1) is 6.92 Å². The van der Waals surface area contributed by atoms with Gasteiger partial charge in [-0.05, 0) is 30.7 Å². The maximum Gasteiger partial charge on any atom is 0.390 e. The third-order valence-electron chi connectivity index (χ3n) is 4.29. The first-order valence-corrected chi connectivity index (χ1v) is 8.00. The first-order chi connectivity index (χ1) is 11.7. The summed E-state index contributed by atoms with van der Waals surface area (Å²) in [7, 11) is 1.97. The van der Waals surface area contributed by atoms with Crippen molar-refractivity contribution in [1.82, 2.24) is 4.98 Å². The molecule has 25 heavy (non-hydrogen) atoms. The van der Waals surface area contributed by atoms with Crippen LogP contribution in [-0.2, 0) is 6.54 Å². The summed E-state index contributed by atoms with van der Waals surface area (Å²) in [6.45, 7) is 2.53. The molecule has 1 aromatic heterocycles. The van der Waals surface area contributed by atoms with Crippen molar-refractivity contribution in [3.05, 3.63) is 41.7 Å². The molecule has 1 atom stereocenters. The summed E-state index contributed by atoms with van der Waals surface area (Å²) in [4.78, 5) is 6.42. The van der Waals surface area contributed by atoms with Crippen molar-refractivity contribution < 1.29 is 17.9 Å². The molecule has 134 valence electrons. The SMILES string of the molecule is Cc1nccc2c1CN(C)c1cc(OCC(N)CC(F)(F)F)ccc1-2. The van der Waals surface area contributed by atoms with Crippen LogP contribution in [0.3, 0.4) is 0 Å². The molecule has 2 aromatic rings. The van der Waals surface area contributed by atoms with Gasteiger partial charge in [0.15, 0.2) is 0 Å². The Hall–Kier alpha value is -2.28. The summed E-state index contributed by atoms with van der Waals surface area (Å²) in [5, 5.41) is 0. The number of nitrogens with two attached hydrogens (primary N) is 1. The second-order valence-electron chi connectivity index (χ2n) is 6.35. The van der Waals surface area contributed by atoms with Crippen molar-refractivity contribution in [3.8, 4) is 16.9 Å². The van der Waals surface area contributed by atoms with Gasteiger partial charge in [-0.3, -0.25) is 4.98 Å². The Balaban J connectivity index is 1.80. The average molecular weight is 351 g/mol. The number of rotatable bonds is 4. The Kier molecular flexibility index (Phi) is 4.60. The van der Waals surface area contributed by atoms with Gasteiger partial charge in [-0.1, -0.05) is 0 Å². The molecule has 0 saturated carbocycles. The Morgan fingerprint density at radius 1 is 1.28 bits per heavy atom. The molecule has 0 radical (unpaired) electrons. The minimum absolute atomic E-state index is 0.179. The third kappa shape index (κ3) is 3.87. The predicted molar refractivity (Wildman–Crippen MR) is 90.7 cm³/mol. The van der Waals surface area contributed by atoms with Crippen molar-refractivity contribution in [2.24, 2.45) is 5.73 Å². The highest BCUT2D eigenvalue weighted by Crippen LogP contribution is 2.40. The van der Waals surface area contributed by atoms with Gasteiger partial charge < -0.3 is 15.4 Å². The van der Waals surface area contributed by atoms with E-state index in [1.807, 2.05) is 32.2 Å². The number of hydrogen-bond acceptors (Lipinski definition) is 4. The Morgan fingerprint density at radius 3 is 2.76 bits per heavy atom. The number of ether oxygens (including phenoxy) is 1. The number of alkyl halides is 3. The zero-order valence-electron chi connectivity index (χ0n) is 14.1. The molecule has 1 aliphatic rings. The molecule has 4 nitrogen and oxygen atoms in total. The fourth-order valence-corrected chi connectivity index (χ4v) is 3.08. The maximum absolute atomic E-state index is 12.3. The largest absolute Gasteiger partial charge is 0.492 e. The summed E-state index contributed by atoms with van der Waals surface area (Å²) >= 11 is 0. The lowest BCUT2D eigenvalue weighted by molar-refractivity contribution is -0.139. The summed E-state index contributed by atoms with van der Waals surface area (Å²) in [5.41, 5.74) is 10.8. The molecular formula is C18H20F3N3O. The van der Waals surface area contributed by atoms with Crippen molar-refractivity contribution in [1.29, 1.82) is 0 Å². The number of benzene rings is 1. The van der Waals surface area contributed by atoms with Gasteiger partial charge in [-0.25, -0.2) is 0 Å². The number of aromatic nitrogens is 1. The first-order valence-electron chi connectivity index (χ1n) is 8.00. The number of pyridine rings is 1. The lowest BCUT2D eigenvalue weighted by Crippen LogP contribution is -2.33. The van der Waals surface area contributed by atoms with Gasteiger partial charge in [0.1, 0.15) is 12.4 Å². The molecule has 1 aromatic carbocycles. The smallest absolute Gasteiger partial charge is 0.390 e. The Bertz CT molecular complexity index is 777. The molecule has 3 rings (SSSR count). The van der Waals surface area contributed by atoms with E-state index in [0.717, 1.165) is 29.1 Å². The van der Waals surface area contributed by atoms with Crippen LogP contribution >= 0.6 is 0 Å². The second-order valence-corrected chi connectivity index (χ2v) is 6.35. The van der Waals surface area contributed by atoms with Gasteiger partial charge in [0, 0.05) is 54.4 Å². The van der Waals surface area contributed by atoms with Crippen LogP contribution in [0.4, 0.5) is 18.9 Å². The molecule has 7 heteroatoms. The quantitative estimate of drug-likeness (QED) is 0.913. The van der Waals surface area contributed by atoms with Crippen LogP contribution in [0.2, 0.25) is 0 Å². The summed E-state index contributed by atoms with van der Waals surface area (Å²) in [5.74, 6) is 0.512. The Morgan fingerprint density at radius 2 is 2.04 bits per heavy atom. The van der Waals surface area contributed by atoms with E-state index < -0.39 is 18.6 Å². The second kappa shape index (κ2) is 6.55. The van der Waals surface area contributed by atoms with Crippen LogP contribution in [0.25, 0.3) is 11.1 Å². The molecule has 0 spiro atoms. The summed E-state index contributed by atoms with van der Waals surface area (Å²) in [6.07, 6.45) is -3.56. The highest BCUT2D eigenvalue weighted by atomic mass is 19.4. The predicted octanol–water partition coefficient (Wildman–Crippen LogP) is 3.67. The van der Waals surface area contributed by atoms with Crippen LogP contribution in [-0.4, -0.2) is 30.9 Å². The monoisotopic (exact) mass is 351 g/mol. The van der Waals surface area contributed by atoms with Crippen LogP contribution < -0.4 is 15.4 Å². The maximum atomic E-state index is 12.3. The number of anilines is 1. The number of aryl methyl sites for hydroxylation is 1. The first kappa shape index (κ1) is 17.5. The molecule has 2 heterocycles. The lowest BCUT2D eigenvalue weighted by atomic mass is 9.93. The number of halogens is 3. The van der Waals surface area contributed by atoms with Gasteiger partial charge in [0.25, 0.3) is 0 Å². The molecule has 1 unspecified atom stereocenters. The fourth-order valence-electron chi connectivity index (χ4n) is 3.08. The van der Waals surface area contributed by atoms with E-state index in [0.29, 0.717) is 5.75 Å². The van der Waals surface area contributed by atoms with Crippen LogP contribution in [0.1, 0.15) is 17.7 Å². The number of fused-ring (bicyclic) bond motifs is 3. The normalized spacial score (nSPS) is 14.7. The molecular weight excluding hydrogens is 331 g/mol. The summed E-state index contributed by atoms with van der Waals surface area (Å²) < 4.78 is 42.5. The van der Waals surface area contributed by atoms with E-state index in [2.05, 4.69) is 9.88 Å². The fraction of sp³-hybridized carbons (Fsp3) is 0.389. The van der Waals surface area contributed by atoms with Gasteiger partial charge in [0.05, 0.1) is 6.42 Å². The average Bonchev–Trinajstić information content (AvgIpc) is 2.53. The Labute approximate surface area is 144 Å². The third-order valence-corrected chi connectivity index (χ3v) is 4.29. The van der Waals surface area contributed by atoms with E-state index in [1.54, 1.807) is 12.3 Å². The van der Waals surface area contributed by atoms with E-state index in [4.69, 9.17) is 10.5 Å². The molecule has 0 amide bonds. The van der Waals surface area contributed by atoms with Gasteiger partial charge >= 0.3 is 6.18 Å². The molecule has 0 aliphatic carbocycles. The minimum atomic E-state index is -4.28. The van der Waals surface area contributed by atoms with E-state index in [9.17, 15) is 13.2 Å². The van der Waals surface area contributed by atoms with Gasteiger partial charge in [0.2, 0.25) is 0 Å². The van der Waals surface area contributed by atoms with Crippen molar-refractivity contribution in [2.75, 3.05) is 18.6 Å². The number of hydrogen-bond donors (Lipinski definition) is 1. The zero-order chi connectivity index (χ0) is 18.2. The molecule has 2 N–H and O–H groups in total. The minimum Gasteiger partial charge on any atom is -0.492 e. The molecule has 0 bridgehead atoms. The lowest BCUT2D eigenvalue weighted by Gasteiger charge is -2.30. The standard InChI is InChI=1S/C18H20F3N3O/c1-11-16-9-24(2)17-7-13(25-10-12(22)8-18(19,20)21)3-4-15(17)14(16)5-6-23-11/h3-7,12H,8-10,22H2,1-2H3. The van der Waals surface area contributed by atoms with Crippen molar-refractivity contribution >= 4 is 5.69 Å². The van der Waals surface area contributed by atoms with E-state index >= 15 is 0 Å². The van der Waals surface area contributed by atoms with E-state index in [1.165, 1.54) is 5.56 Å². The molecule has 0 fully saturated rings. The van der Waals surface area contributed by atoms with Gasteiger partial charge in [-0.2, -0.15) is 13.2 Å². The zero-order valence-corrected chi connectivity index (χ0v) is 14.1. The molecule has 0 saturated heterocycles. The highest BCUT2D eigenvalue weighted by molar-refractivity contribution is 5.84. The van der Waals surface area contributed by atoms with Gasteiger partial charge in [-0.15, -0.1) is 0 Å². The summed E-state index contributed by atoms with van der Waals surface area (Å²) in [6, 6.07) is 6.43. The molecule has 1 aliphatic heterocycles. The topological polar surface area (TPSA) is 51.4 Å².